The van der Waals surface area contributed by atoms with Crippen molar-refractivity contribution < 1.29 is 14.3 Å². The van der Waals surface area contributed by atoms with Gasteiger partial charge in [-0.1, -0.05) is 0 Å². The first-order valence-electron chi connectivity index (χ1n) is 5.91. The number of methoxy groups -OCH3 is 1. The van der Waals surface area contributed by atoms with Gasteiger partial charge in [-0.15, -0.1) is 0 Å². The lowest BCUT2D eigenvalue weighted by molar-refractivity contribution is -0.121. The fourth-order valence-corrected chi connectivity index (χ4v) is 1.55. The molecular weight excluding hydrogens is 232 g/mol. The van der Waals surface area contributed by atoms with E-state index in [1.807, 2.05) is 18.2 Å². The predicted molar refractivity (Wildman–Crippen MR) is 69.9 cm³/mol. The van der Waals surface area contributed by atoms with Crippen LogP contribution in [0.3, 0.4) is 0 Å². The molecule has 100 valence electrons. The smallest absolute Gasteiger partial charge is 0.223 e. The molecule has 0 spiro atoms. The van der Waals surface area contributed by atoms with E-state index in [9.17, 15) is 4.79 Å². The van der Waals surface area contributed by atoms with Crippen molar-refractivity contribution in [1.82, 2.24) is 5.32 Å². The molecule has 0 bridgehead atoms. The monoisotopic (exact) mass is 252 g/mol. The van der Waals surface area contributed by atoms with Gasteiger partial charge in [0.2, 0.25) is 5.91 Å². The molecule has 5 nitrogen and oxygen atoms in total. The summed E-state index contributed by atoms with van der Waals surface area (Å²) in [6.45, 7) is 0.891. The molecule has 1 aromatic rings. The third-order valence-corrected chi connectivity index (χ3v) is 2.55. The predicted octanol–water partition coefficient (Wildman–Crippen LogP) is 0.711. The van der Waals surface area contributed by atoms with Crippen LogP contribution in [-0.2, 0) is 11.2 Å². The zero-order valence-corrected chi connectivity index (χ0v) is 10.9. The van der Waals surface area contributed by atoms with Crippen LogP contribution >= 0.6 is 0 Å². The van der Waals surface area contributed by atoms with Gasteiger partial charge in [0.25, 0.3) is 0 Å². The molecule has 0 atom stereocenters. The zero-order chi connectivity index (χ0) is 13.4. The number of carbonyl (C=O) groups is 1. The van der Waals surface area contributed by atoms with Crippen molar-refractivity contribution in [2.24, 2.45) is 5.73 Å². The van der Waals surface area contributed by atoms with E-state index in [1.165, 1.54) is 0 Å². The average Bonchev–Trinajstić information content (AvgIpc) is 2.40. The molecule has 0 aliphatic rings. The molecular formula is C13H20N2O3. The Bertz CT molecular complexity index is 394. The van der Waals surface area contributed by atoms with E-state index < -0.39 is 0 Å². The highest BCUT2D eigenvalue weighted by Crippen LogP contribution is 2.24. The minimum atomic E-state index is -0.0381. The van der Waals surface area contributed by atoms with Gasteiger partial charge in [0.05, 0.1) is 20.1 Å². The number of hydrogen-bond acceptors (Lipinski definition) is 4. The molecule has 1 rings (SSSR count). The van der Waals surface area contributed by atoms with Crippen LogP contribution in [0.5, 0.6) is 11.5 Å². The van der Waals surface area contributed by atoms with Gasteiger partial charge in [-0.05, 0) is 36.7 Å². The Morgan fingerprint density at radius 1 is 1.44 bits per heavy atom. The third kappa shape index (κ3) is 4.25. The maximum atomic E-state index is 11.1. The fourth-order valence-electron chi connectivity index (χ4n) is 1.55. The van der Waals surface area contributed by atoms with Crippen LogP contribution in [0.25, 0.3) is 0 Å². The first-order valence-corrected chi connectivity index (χ1v) is 5.91. The number of hydrogen-bond donors (Lipinski definition) is 2. The van der Waals surface area contributed by atoms with Gasteiger partial charge in [-0.25, -0.2) is 0 Å². The van der Waals surface area contributed by atoms with E-state index >= 15 is 0 Å². The van der Waals surface area contributed by atoms with Crippen molar-refractivity contribution in [2.45, 2.75) is 12.8 Å². The lowest BCUT2D eigenvalue weighted by Crippen LogP contribution is -2.20. The number of nitrogens with one attached hydrogen (secondary N) is 1. The summed E-state index contributed by atoms with van der Waals surface area (Å²) in [6.07, 6.45) is 1.05. The van der Waals surface area contributed by atoms with Gasteiger partial charge in [-0.3, -0.25) is 4.79 Å². The maximum Gasteiger partial charge on any atom is 0.223 e. The molecule has 0 fully saturated rings. The lowest BCUT2D eigenvalue weighted by atomic mass is 10.1. The van der Waals surface area contributed by atoms with Gasteiger partial charge in [0.1, 0.15) is 11.5 Å². The highest BCUT2D eigenvalue weighted by molar-refractivity contribution is 5.75. The number of carbonyl (C=O) groups excluding carboxylic acids is 1. The molecule has 1 aromatic carbocycles. The summed E-state index contributed by atoms with van der Waals surface area (Å²) >= 11 is 0. The van der Waals surface area contributed by atoms with E-state index in [2.05, 4.69) is 5.32 Å². The van der Waals surface area contributed by atoms with Crippen molar-refractivity contribution in [3.63, 3.8) is 0 Å². The number of benzene rings is 1. The Balaban J connectivity index is 2.65. The first-order chi connectivity index (χ1) is 8.71. The second kappa shape index (κ2) is 7.55. The number of nitrogens with two attached hydrogens (primary N) is 1. The quantitative estimate of drug-likeness (QED) is 0.749. The summed E-state index contributed by atoms with van der Waals surface area (Å²) < 4.78 is 10.7. The molecule has 0 aliphatic carbocycles. The van der Waals surface area contributed by atoms with E-state index in [4.69, 9.17) is 15.2 Å². The summed E-state index contributed by atoms with van der Waals surface area (Å²) in [5, 5.41) is 2.55. The summed E-state index contributed by atoms with van der Waals surface area (Å²) in [7, 11) is 3.23. The van der Waals surface area contributed by atoms with Crippen LogP contribution in [0.15, 0.2) is 18.2 Å². The summed E-state index contributed by atoms with van der Waals surface area (Å²) in [5.41, 5.74) is 6.55. The average molecular weight is 252 g/mol. The Morgan fingerprint density at radius 2 is 2.22 bits per heavy atom. The maximum absolute atomic E-state index is 11.1. The second-order valence-corrected chi connectivity index (χ2v) is 3.78. The third-order valence-electron chi connectivity index (χ3n) is 2.55. The Morgan fingerprint density at radius 3 is 2.83 bits per heavy atom. The first kappa shape index (κ1) is 14.3. The van der Waals surface area contributed by atoms with E-state index in [0.29, 0.717) is 26.0 Å². The molecule has 0 saturated carbocycles. The van der Waals surface area contributed by atoms with Crippen LogP contribution in [0, 0.1) is 0 Å². The van der Waals surface area contributed by atoms with E-state index in [1.54, 1.807) is 14.2 Å². The summed E-state index contributed by atoms with van der Waals surface area (Å²) in [5.74, 6) is 1.49. The van der Waals surface area contributed by atoms with Crippen LogP contribution in [-0.4, -0.2) is 33.2 Å². The Labute approximate surface area is 107 Å². The molecule has 0 aromatic heterocycles. The van der Waals surface area contributed by atoms with E-state index in [0.717, 1.165) is 17.1 Å². The van der Waals surface area contributed by atoms with Gasteiger partial charge >= 0.3 is 0 Å². The zero-order valence-electron chi connectivity index (χ0n) is 10.9. The van der Waals surface area contributed by atoms with Crippen LogP contribution in [0.4, 0.5) is 0 Å². The van der Waals surface area contributed by atoms with Crippen molar-refractivity contribution >= 4 is 5.91 Å². The molecule has 5 heteroatoms. The number of rotatable bonds is 7. The Kier molecular flexibility index (Phi) is 6.00. The number of ether oxygens (including phenoxy) is 2. The van der Waals surface area contributed by atoms with Gasteiger partial charge in [0.15, 0.2) is 0 Å². The molecule has 0 aliphatic heterocycles. The van der Waals surface area contributed by atoms with Crippen molar-refractivity contribution in [1.29, 1.82) is 0 Å². The molecule has 3 N–H and O–H groups in total. The van der Waals surface area contributed by atoms with E-state index in [-0.39, 0.29) is 5.91 Å². The summed E-state index contributed by atoms with van der Waals surface area (Å²) in [6, 6.07) is 5.57. The van der Waals surface area contributed by atoms with Gasteiger partial charge < -0.3 is 20.5 Å². The van der Waals surface area contributed by atoms with Crippen LogP contribution in [0.2, 0.25) is 0 Å². The van der Waals surface area contributed by atoms with Crippen molar-refractivity contribution in [3.8, 4) is 11.5 Å². The second-order valence-electron chi connectivity index (χ2n) is 3.78. The largest absolute Gasteiger partial charge is 0.497 e. The van der Waals surface area contributed by atoms with Crippen LogP contribution < -0.4 is 20.5 Å². The van der Waals surface area contributed by atoms with Gasteiger partial charge in [0, 0.05) is 7.05 Å². The highest BCUT2D eigenvalue weighted by atomic mass is 16.5. The minimum absolute atomic E-state index is 0.0381. The molecule has 0 unspecified atom stereocenters. The fraction of sp³-hybridized carbons (Fsp3) is 0.462. The molecule has 18 heavy (non-hydrogen) atoms. The normalized spacial score (nSPS) is 9.94. The number of amides is 1. The SMILES string of the molecule is CNC(=O)CCOc1ccc(OC)cc1CCN. The molecule has 1 amide bonds. The lowest BCUT2D eigenvalue weighted by Gasteiger charge is -2.12. The molecule has 0 heterocycles. The highest BCUT2D eigenvalue weighted by Gasteiger charge is 2.06. The minimum Gasteiger partial charge on any atom is -0.497 e. The molecule has 0 saturated heterocycles. The topological polar surface area (TPSA) is 73.6 Å². The van der Waals surface area contributed by atoms with Gasteiger partial charge in [-0.2, -0.15) is 0 Å². The standard InChI is InChI=1S/C13H20N2O3/c1-15-13(16)6-8-18-12-4-3-11(17-2)9-10(12)5-7-14/h3-4,9H,5-8,14H2,1-2H3,(H,15,16). The van der Waals surface area contributed by atoms with Crippen LogP contribution in [0.1, 0.15) is 12.0 Å². The summed E-state index contributed by atoms with van der Waals surface area (Å²) in [4.78, 5) is 11.1. The van der Waals surface area contributed by atoms with Crippen molar-refractivity contribution in [2.75, 3.05) is 27.3 Å². The van der Waals surface area contributed by atoms with Crippen molar-refractivity contribution in [3.05, 3.63) is 23.8 Å². The molecule has 0 radical (unpaired) electrons. The Hall–Kier alpha value is -1.75.